The molecule has 1 aromatic rings. The minimum absolute atomic E-state index is 0.0506. The Morgan fingerprint density at radius 1 is 1.41 bits per heavy atom. The van der Waals surface area contributed by atoms with E-state index >= 15 is 0 Å². The van der Waals surface area contributed by atoms with Crippen LogP contribution in [0.1, 0.15) is 31.2 Å². The summed E-state index contributed by atoms with van der Waals surface area (Å²) in [5.74, 6) is -0.955. The van der Waals surface area contributed by atoms with Gasteiger partial charge in [-0.25, -0.2) is 8.78 Å². The molecule has 4 heteroatoms. The molecule has 0 saturated heterocycles. The number of hydrogen-bond donors (Lipinski definition) is 2. The van der Waals surface area contributed by atoms with Gasteiger partial charge >= 0.3 is 0 Å². The fourth-order valence-corrected chi connectivity index (χ4v) is 2.58. The molecule has 0 bridgehead atoms. The third kappa shape index (κ3) is 3.01. The Labute approximate surface area is 99.4 Å². The van der Waals surface area contributed by atoms with Crippen molar-refractivity contribution in [2.45, 2.75) is 43.7 Å². The van der Waals surface area contributed by atoms with Gasteiger partial charge in [0.2, 0.25) is 0 Å². The third-order valence-electron chi connectivity index (χ3n) is 3.39. The van der Waals surface area contributed by atoms with Crippen LogP contribution in [0.15, 0.2) is 18.2 Å². The summed E-state index contributed by atoms with van der Waals surface area (Å²) in [6, 6.07) is 3.27. The molecule has 0 aromatic heterocycles. The minimum Gasteiger partial charge on any atom is -0.389 e. The lowest BCUT2D eigenvalue weighted by molar-refractivity contribution is -0.00262. The molecule has 0 aliphatic heterocycles. The smallest absolute Gasteiger partial charge is 0.126 e. The van der Waals surface area contributed by atoms with Crippen LogP contribution in [0.25, 0.3) is 0 Å². The molecule has 1 aliphatic carbocycles. The Hall–Kier alpha value is -1.00. The van der Waals surface area contributed by atoms with Crippen molar-refractivity contribution in [2.75, 3.05) is 0 Å². The highest BCUT2D eigenvalue weighted by Crippen LogP contribution is 2.31. The zero-order valence-corrected chi connectivity index (χ0v) is 9.63. The summed E-state index contributed by atoms with van der Waals surface area (Å²) in [5.41, 5.74) is 5.03. The molecular weight excluding hydrogens is 224 g/mol. The van der Waals surface area contributed by atoms with Gasteiger partial charge in [0, 0.05) is 12.5 Å². The van der Waals surface area contributed by atoms with Crippen molar-refractivity contribution in [3.63, 3.8) is 0 Å². The average molecular weight is 241 g/mol. The van der Waals surface area contributed by atoms with Crippen molar-refractivity contribution in [1.82, 2.24) is 0 Å². The zero-order valence-electron chi connectivity index (χ0n) is 9.63. The van der Waals surface area contributed by atoms with E-state index in [1.54, 1.807) is 0 Å². The largest absolute Gasteiger partial charge is 0.389 e. The maximum absolute atomic E-state index is 13.5. The molecular formula is C13H17F2NO. The van der Waals surface area contributed by atoms with Gasteiger partial charge in [-0.2, -0.15) is 0 Å². The first-order valence-electron chi connectivity index (χ1n) is 5.90. The third-order valence-corrected chi connectivity index (χ3v) is 3.39. The number of halogens is 2. The molecule has 2 unspecified atom stereocenters. The normalized spacial score (nSPS) is 29.3. The molecule has 1 aliphatic rings. The molecule has 94 valence electrons. The Balaban J connectivity index is 2.16. The van der Waals surface area contributed by atoms with Crippen LogP contribution in [0.4, 0.5) is 8.78 Å². The summed E-state index contributed by atoms with van der Waals surface area (Å²) in [6.45, 7) is 0. The highest BCUT2D eigenvalue weighted by atomic mass is 19.1. The summed E-state index contributed by atoms with van der Waals surface area (Å²) in [6.07, 6.45) is 2.88. The fourth-order valence-electron chi connectivity index (χ4n) is 2.58. The van der Waals surface area contributed by atoms with Crippen molar-refractivity contribution in [3.8, 4) is 0 Å². The zero-order chi connectivity index (χ0) is 12.5. The molecule has 0 spiro atoms. The first-order chi connectivity index (χ1) is 7.98. The summed E-state index contributed by atoms with van der Waals surface area (Å²) in [5, 5.41) is 10.3. The summed E-state index contributed by atoms with van der Waals surface area (Å²) < 4.78 is 26.5. The Bertz CT molecular complexity index is 410. The molecule has 0 heterocycles. The van der Waals surface area contributed by atoms with Crippen LogP contribution in [-0.2, 0) is 6.42 Å². The van der Waals surface area contributed by atoms with Crippen LogP contribution in [0.5, 0.6) is 0 Å². The molecule has 17 heavy (non-hydrogen) atoms. The van der Waals surface area contributed by atoms with Crippen LogP contribution in [-0.4, -0.2) is 16.7 Å². The van der Waals surface area contributed by atoms with Gasteiger partial charge in [0.25, 0.3) is 0 Å². The van der Waals surface area contributed by atoms with Gasteiger partial charge in [-0.15, -0.1) is 0 Å². The fraction of sp³-hybridized carbons (Fsp3) is 0.538. The lowest BCUT2D eigenvalue weighted by Gasteiger charge is -2.35. The number of aliphatic hydroxyl groups is 1. The van der Waals surface area contributed by atoms with Gasteiger partial charge in [-0.1, -0.05) is 0 Å². The van der Waals surface area contributed by atoms with Gasteiger partial charge < -0.3 is 10.8 Å². The van der Waals surface area contributed by atoms with E-state index in [0.717, 1.165) is 31.0 Å². The van der Waals surface area contributed by atoms with Gasteiger partial charge in [0.1, 0.15) is 11.6 Å². The molecule has 2 atom stereocenters. The summed E-state index contributed by atoms with van der Waals surface area (Å²) >= 11 is 0. The van der Waals surface area contributed by atoms with Crippen molar-refractivity contribution in [3.05, 3.63) is 35.4 Å². The minimum atomic E-state index is -0.994. The molecule has 2 nitrogen and oxygen atoms in total. The predicted octanol–water partition coefficient (Wildman–Crippen LogP) is 2.14. The molecule has 1 saturated carbocycles. The van der Waals surface area contributed by atoms with E-state index in [1.165, 1.54) is 0 Å². The summed E-state index contributed by atoms with van der Waals surface area (Å²) in [4.78, 5) is 0. The van der Waals surface area contributed by atoms with Gasteiger partial charge in [0.05, 0.1) is 5.60 Å². The highest BCUT2D eigenvalue weighted by Gasteiger charge is 2.33. The second-order valence-corrected chi connectivity index (χ2v) is 4.99. The maximum atomic E-state index is 13.5. The standard InChI is InChI=1S/C13H17F2NO/c14-10-3-4-12(15)9(6-10)7-13(17)5-1-2-11(16)8-13/h3-4,6,11,17H,1-2,5,7-8,16H2. The average Bonchev–Trinajstić information content (AvgIpc) is 2.22. The van der Waals surface area contributed by atoms with Crippen LogP contribution in [0.3, 0.4) is 0 Å². The first kappa shape index (κ1) is 12.5. The summed E-state index contributed by atoms with van der Waals surface area (Å²) in [7, 11) is 0. The van der Waals surface area contributed by atoms with E-state index in [2.05, 4.69) is 0 Å². The topological polar surface area (TPSA) is 46.2 Å². The molecule has 1 aromatic carbocycles. The van der Waals surface area contributed by atoms with Crippen molar-refractivity contribution >= 4 is 0 Å². The second-order valence-electron chi connectivity index (χ2n) is 4.99. The first-order valence-corrected chi connectivity index (χ1v) is 5.90. The van der Waals surface area contributed by atoms with E-state index < -0.39 is 17.2 Å². The van der Waals surface area contributed by atoms with Crippen LogP contribution in [0.2, 0.25) is 0 Å². The van der Waals surface area contributed by atoms with E-state index in [4.69, 9.17) is 5.73 Å². The van der Waals surface area contributed by atoms with Crippen molar-refractivity contribution < 1.29 is 13.9 Å². The number of rotatable bonds is 2. The SMILES string of the molecule is NC1CCCC(O)(Cc2cc(F)ccc2F)C1. The number of hydrogen-bond acceptors (Lipinski definition) is 2. The van der Waals surface area contributed by atoms with Gasteiger partial charge in [-0.05, 0) is 49.4 Å². The Morgan fingerprint density at radius 3 is 2.88 bits per heavy atom. The van der Waals surface area contributed by atoms with Crippen LogP contribution in [0, 0.1) is 11.6 Å². The highest BCUT2D eigenvalue weighted by molar-refractivity contribution is 5.21. The van der Waals surface area contributed by atoms with Crippen molar-refractivity contribution in [2.24, 2.45) is 5.73 Å². The van der Waals surface area contributed by atoms with Crippen molar-refractivity contribution in [1.29, 1.82) is 0 Å². The quantitative estimate of drug-likeness (QED) is 0.833. The van der Waals surface area contributed by atoms with Crippen LogP contribution >= 0.6 is 0 Å². The monoisotopic (exact) mass is 241 g/mol. The van der Waals surface area contributed by atoms with Crippen LogP contribution < -0.4 is 5.73 Å². The van der Waals surface area contributed by atoms with E-state index in [-0.39, 0.29) is 18.0 Å². The number of benzene rings is 1. The second kappa shape index (κ2) is 4.70. The maximum Gasteiger partial charge on any atom is 0.126 e. The van der Waals surface area contributed by atoms with E-state index in [1.807, 2.05) is 0 Å². The number of nitrogens with two attached hydrogens (primary N) is 1. The molecule has 2 rings (SSSR count). The molecule has 3 N–H and O–H groups in total. The van der Waals surface area contributed by atoms with Gasteiger partial charge in [-0.3, -0.25) is 0 Å². The molecule has 1 fully saturated rings. The lowest BCUT2D eigenvalue weighted by atomic mass is 9.78. The van der Waals surface area contributed by atoms with E-state index in [9.17, 15) is 13.9 Å². The molecule has 0 amide bonds. The van der Waals surface area contributed by atoms with E-state index in [0.29, 0.717) is 12.8 Å². The Kier molecular flexibility index (Phi) is 3.45. The predicted molar refractivity (Wildman–Crippen MR) is 61.5 cm³/mol. The van der Waals surface area contributed by atoms with Gasteiger partial charge in [0.15, 0.2) is 0 Å². The molecule has 0 radical (unpaired) electrons. The Morgan fingerprint density at radius 2 is 2.18 bits per heavy atom. The lowest BCUT2D eigenvalue weighted by Crippen LogP contribution is -2.42.